The quantitative estimate of drug-likeness (QED) is 0.674. The Hall–Kier alpha value is -0.700. The first-order valence-corrected chi connectivity index (χ1v) is 7.06. The van der Waals surface area contributed by atoms with Crippen LogP contribution in [0.5, 0.6) is 0 Å². The van der Waals surface area contributed by atoms with E-state index < -0.39 is 0 Å². The minimum Gasteiger partial charge on any atom is -0.366 e. The van der Waals surface area contributed by atoms with Gasteiger partial charge in [-0.3, -0.25) is 9.59 Å². The third kappa shape index (κ3) is 2.66. The van der Waals surface area contributed by atoms with Crippen molar-refractivity contribution >= 4 is 11.6 Å². The molecule has 4 unspecified atom stereocenters. The fourth-order valence-electron chi connectivity index (χ4n) is 2.99. The molecule has 0 spiro atoms. The average Bonchev–Trinajstić information content (AvgIpc) is 2.91. The van der Waals surface area contributed by atoms with Crippen LogP contribution in [0.1, 0.15) is 53.4 Å². The molecule has 1 saturated carbocycles. The predicted molar refractivity (Wildman–Crippen MR) is 69.3 cm³/mol. The van der Waals surface area contributed by atoms with E-state index in [1.807, 2.05) is 27.7 Å². The number of carbonyl (C=O) groups excluding carboxylic acids is 2. The first-order valence-electron chi connectivity index (χ1n) is 7.06. The number of hydrogen-bond donors (Lipinski definition) is 0. The van der Waals surface area contributed by atoms with Crippen molar-refractivity contribution in [3.8, 4) is 0 Å². The number of carbonyl (C=O) groups is 2. The number of hydrogen-bond acceptors (Lipinski definition) is 3. The molecule has 0 aromatic carbocycles. The van der Waals surface area contributed by atoms with E-state index in [4.69, 9.17) is 4.74 Å². The van der Waals surface area contributed by atoms with Gasteiger partial charge in [0, 0.05) is 24.7 Å². The molecule has 1 saturated heterocycles. The van der Waals surface area contributed by atoms with Gasteiger partial charge in [-0.05, 0) is 25.7 Å². The summed E-state index contributed by atoms with van der Waals surface area (Å²) in [5, 5.41) is 0. The molecule has 1 aliphatic heterocycles. The van der Waals surface area contributed by atoms with Gasteiger partial charge < -0.3 is 4.74 Å². The first kappa shape index (κ1) is 13.7. The maximum absolute atomic E-state index is 12.3. The van der Waals surface area contributed by atoms with Gasteiger partial charge in [0.15, 0.2) is 0 Å². The molecular formula is C15H24O3. The third-order valence-corrected chi connectivity index (χ3v) is 4.61. The van der Waals surface area contributed by atoms with Crippen LogP contribution in [-0.4, -0.2) is 23.3 Å². The highest BCUT2D eigenvalue weighted by atomic mass is 16.6. The van der Waals surface area contributed by atoms with Crippen molar-refractivity contribution in [3.05, 3.63) is 0 Å². The van der Waals surface area contributed by atoms with Gasteiger partial charge in [0.1, 0.15) is 11.6 Å². The van der Waals surface area contributed by atoms with Crippen LogP contribution in [0.4, 0.5) is 0 Å². The molecule has 3 nitrogen and oxygen atoms in total. The number of fused-ring (bicyclic) bond motifs is 1. The van der Waals surface area contributed by atoms with E-state index in [9.17, 15) is 9.59 Å². The monoisotopic (exact) mass is 252 g/mol. The van der Waals surface area contributed by atoms with Gasteiger partial charge >= 0.3 is 0 Å². The van der Waals surface area contributed by atoms with Gasteiger partial charge in [-0.1, -0.05) is 20.8 Å². The van der Waals surface area contributed by atoms with Gasteiger partial charge in [0.25, 0.3) is 0 Å². The van der Waals surface area contributed by atoms with Gasteiger partial charge in [-0.25, -0.2) is 0 Å². The summed E-state index contributed by atoms with van der Waals surface area (Å²) in [5.74, 6) is 0.614. The van der Waals surface area contributed by atoms with Gasteiger partial charge in [0.2, 0.25) is 0 Å². The lowest BCUT2D eigenvalue weighted by Gasteiger charge is -2.23. The van der Waals surface area contributed by atoms with E-state index in [0.29, 0.717) is 12.8 Å². The van der Waals surface area contributed by atoms with Crippen molar-refractivity contribution < 1.29 is 14.3 Å². The molecule has 1 heterocycles. The lowest BCUT2D eigenvalue weighted by atomic mass is 9.79. The van der Waals surface area contributed by atoms with E-state index in [0.717, 1.165) is 12.8 Å². The number of rotatable bonds is 1. The highest BCUT2D eigenvalue weighted by Gasteiger charge is 2.54. The van der Waals surface area contributed by atoms with E-state index in [1.54, 1.807) is 0 Å². The van der Waals surface area contributed by atoms with Crippen molar-refractivity contribution in [2.24, 2.45) is 17.8 Å². The number of ketones is 2. The fraction of sp³-hybridized carbons (Fsp3) is 0.867. The molecule has 4 atom stereocenters. The molecule has 0 radical (unpaired) electrons. The predicted octanol–water partition coefficient (Wildman–Crippen LogP) is 2.76. The number of ether oxygens (including phenoxy) is 1. The summed E-state index contributed by atoms with van der Waals surface area (Å²) in [6, 6.07) is 0. The highest BCUT2D eigenvalue weighted by Crippen LogP contribution is 2.44. The lowest BCUT2D eigenvalue weighted by Crippen LogP contribution is -2.31. The van der Waals surface area contributed by atoms with Gasteiger partial charge in [0.05, 0.1) is 11.7 Å². The summed E-state index contributed by atoms with van der Waals surface area (Å²) < 4.78 is 5.69. The lowest BCUT2D eigenvalue weighted by molar-refractivity contribution is -0.131. The van der Waals surface area contributed by atoms with E-state index in [1.165, 1.54) is 0 Å². The third-order valence-electron chi connectivity index (χ3n) is 4.61. The number of Topliss-reactive ketones (excluding diaryl/α,β-unsaturated/α-hetero) is 2. The zero-order valence-electron chi connectivity index (χ0n) is 11.9. The second-order valence-electron chi connectivity index (χ2n) is 6.56. The van der Waals surface area contributed by atoms with Crippen LogP contribution >= 0.6 is 0 Å². The minimum atomic E-state index is -0.246. The van der Waals surface area contributed by atoms with E-state index in [2.05, 4.69) is 0 Å². The van der Waals surface area contributed by atoms with Gasteiger partial charge in [-0.15, -0.1) is 0 Å². The highest BCUT2D eigenvalue weighted by molar-refractivity contribution is 5.89. The summed E-state index contributed by atoms with van der Waals surface area (Å²) in [4.78, 5) is 24.4. The van der Waals surface area contributed by atoms with Crippen LogP contribution in [0.3, 0.4) is 0 Å². The van der Waals surface area contributed by atoms with Crippen molar-refractivity contribution in [2.45, 2.75) is 65.1 Å². The van der Waals surface area contributed by atoms with Crippen LogP contribution in [0.15, 0.2) is 0 Å². The molecule has 0 N–H and O–H groups in total. The maximum atomic E-state index is 12.3. The first-order chi connectivity index (χ1) is 8.33. The van der Waals surface area contributed by atoms with Crippen LogP contribution in [0.2, 0.25) is 0 Å². The molecule has 0 bridgehead atoms. The zero-order chi connectivity index (χ0) is 13.5. The molecule has 102 valence electrons. The summed E-state index contributed by atoms with van der Waals surface area (Å²) in [6.07, 6.45) is 2.87. The topological polar surface area (TPSA) is 46.7 Å². The Balaban J connectivity index is 2.16. The maximum Gasteiger partial charge on any atom is 0.139 e. The van der Waals surface area contributed by atoms with E-state index in [-0.39, 0.29) is 41.0 Å². The molecule has 18 heavy (non-hydrogen) atoms. The average molecular weight is 252 g/mol. The van der Waals surface area contributed by atoms with Crippen LogP contribution in [-0.2, 0) is 14.3 Å². The Kier molecular flexibility index (Phi) is 3.63. The molecule has 3 heteroatoms. The Morgan fingerprint density at radius 3 is 2.50 bits per heavy atom. The van der Waals surface area contributed by atoms with Crippen molar-refractivity contribution in [1.82, 2.24) is 0 Å². The Bertz CT molecular complexity index is 361. The Morgan fingerprint density at radius 2 is 1.89 bits per heavy atom. The molecule has 0 aromatic rings. The summed E-state index contributed by atoms with van der Waals surface area (Å²) in [6.45, 7) is 8.06. The molecule has 2 aliphatic rings. The van der Waals surface area contributed by atoms with Crippen LogP contribution < -0.4 is 0 Å². The molecule has 1 aliphatic carbocycles. The van der Waals surface area contributed by atoms with E-state index >= 15 is 0 Å². The summed E-state index contributed by atoms with van der Waals surface area (Å²) in [5.41, 5.74) is -0.246. The van der Waals surface area contributed by atoms with Crippen molar-refractivity contribution in [1.29, 1.82) is 0 Å². The molecule has 0 amide bonds. The molecule has 2 fully saturated rings. The largest absolute Gasteiger partial charge is 0.366 e. The minimum absolute atomic E-state index is 0.0607. The van der Waals surface area contributed by atoms with Crippen molar-refractivity contribution in [3.63, 3.8) is 0 Å². The Morgan fingerprint density at radius 1 is 1.22 bits per heavy atom. The normalized spacial score (nSPS) is 41.7. The smallest absolute Gasteiger partial charge is 0.139 e. The summed E-state index contributed by atoms with van der Waals surface area (Å²) >= 11 is 0. The second kappa shape index (κ2) is 4.76. The SMILES string of the molecule is CC1CCC2OC2(C)CC(=O)C(C(C)C)CC1=O. The fourth-order valence-corrected chi connectivity index (χ4v) is 2.99. The molecular weight excluding hydrogens is 228 g/mol. The van der Waals surface area contributed by atoms with Crippen LogP contribution in [0, 0.1) is 17.8 Å². The number of epoxide rings is 1. The zero-order valence-corrected chi connectivity index (χ0v) is 11.9. The van der Waals surface area contributed by atoms with Crippen molar-refractivity contribution in [2.75, 3.05) is 0 Å². The molecule has 0 aromatic heterocycles. The van der Waals surface area contributed by atoms with Crippen LogP contribution in [0.25, 0.3) is 0 Å². The Labute approximate surface area is 109 Å². The standard InChI is InChI=1S/C15H24O3/c1-9(2)11-7-12(16)10(3)5-6-14-15(4,18-14)8-13(11)17/h9-11,14H,5-8H2,1-4H3. The summed E-state index contributed by atoms with van der Waals surface area (Å²) in [7, 11) is 0. The second-order valence-corrected chi connectivity index (χ2v) is 6.56. The van der Waals surface area contributed by atoms with Gasteiger partial charge in [-0.2, -0.15) is 0 Å². The molecule has 2 rings (SSSR count).